The molecule has 0 spiro atoms. The highest BCUT2D eigenvalue weighted by Crippen LogP contribution is 2.38. The summed E-state index contributed by atoms with van der Waals surface area (Å²) in [5.74, 6) is -0.831. The number of ether oxygens (including phenoxy) is 2. The topological polar surface area (TPSA) is 84.9 Å². The lowest BCUT2D eigenvalue weighted by Gasteiger charge is -2.31. The van der Waals surface area contributed by atoms with Gasteiger partial charge in [-0.3, -0.25) is 4.79 Å². The average Bonchev–Trinajstić information content (AvgIpc) is 3.56. The number of rotatable bonds is 8. The first kappa shape index (κ1) is 21.4. The second-order valence-corrected chi connectivity index (χ2v) is 7.39. The highest BCUT2D eigenvalue weighted by atomic mass is 16.5. The summed E-state index contributed by atoms with van der Waals surface area (Å²) >= 11 is 0. The molecule has 1 N–H and O–H groups in total. The largest absolute Gasteiger partial charge is 0.467 e. The smallest absolute Gasteiger partial charge is 0.408 e. The van der Waals surface area contributed by atoms with E-state index in [9.17, 15) is 14.4 Å². The van der Waals surface area contributed by atoms with Gasteiger partial charge in [0, 0.05) is 6.54 Å². The van der Waals surface area contributed by atoms with Gasteiger partial charge in [0.2, 0.25) is 5.91 Å². The predicted octanol–water partition coefficient (Wildman–Crippen LogP) is 3.04. The van der Waals surface area contributed by atoms with E-state index in [1.165, 1.54) is 12.0 Å². The third-order valence-electron chi connectivity index (χ3n) is 5.18. The van der Waals surface area contributed by atoms with Crippen LogP contribution < -0.4 is 5.32 Å². The van der Waals surface area contributed by atoms with Gasteiger partial charge in [0.05, 0.1) is 7.11 Å². The van der Waals surface area contributed by atoms with Crippen LogP contribution in [0, 0.1) is 0 Å². The zero-order valence-electron chi connectivity index (χ0n) is 17.2. The molecule has 3 rings (SSSR count). The van der Waals surface area contributed by atoms with Gasteiger partial charge in [-0.2, -0.15) is 0 Å². The Morgan fingerprint density at radius 2 is 1.57 bits per heavy atom. The summed E-state index contributed by atoms with van der Waals surface area (Å²) in [6, 6.07) is 17.9. The summed E-state index contributed by atoms with van der Waals surface area (Å²) in [4.78, 5) is 39.3. The van der Waals surface area contributed by atoms with Crippen LogP contribution in [0.1, 0.15) is 30.9 Å². The van der Waals surface area contributed by atoms with Crippen LogP contribution >= 0.6 is 0 Å². The fraction of sp³-hybridized carbons (Fsp3) is 0.348. The van der Waals surface area contributed by atoms with Crippen LogP contribution in [-0.4, -0.2) is 41.6 Å². The number of nitrogens with zero attached hydrogens (tertiary/aromatic N) is 1. The van der Waals surface area contributed by atoms with Crippen LogP contribution in [0.2, 0.25) is 0 Å². The van der Waals surface area contributed by atoms with Crippen molar-refractivity contribution in [1.29, 1.82) is 0 Å². The molecule has 1 aliphatic rings. The van der Waals surface area contributed by atoms with Gasteiger partial charge in [0.1, 0.15) is 18.2 Å². The Morgan fingerprint density at radius 3 is 2.10 bits per heavy atom. The second-order valence-electron chi connectivity index (χ2n) is 7.39. The van der Waals surface area contributed by atoms with E-state index >= 15 is 0 Å². The van der Waals surface area contributed by atoms with E-state index in [-0.39, 0.29) is 19.1 Å². The quantitative estimate of drug-likeness (QED) is 0.676. The number of carbonyl (C=O) groups excluding carboxylic acids is 3. The minimum absolute atomic E-state index is 0.114. The Balaban J connectivity index is 1.69. The number of benzene rings is 2. The van der Waals surface area contributed by atoms with Gasteiger partial charge in [0.15, 0.2) is 0 Å². The van der Waals surface area contributed by atoms with Gasteiger partial charge in [0.25, 0.3) is 0 Å². The van der Waals surface area contributed by atoms with E-state index in [0.717, 1.165) is 11.1 Å². The minimum Gasteiger partial charge on any atom is -0.467 e. The molecule has 158 valence electrons. The summed E-state index contributed by atoms with van der Waals surface area (Å²) in [5, 5.41) is 2.71. The summed E-state index contributed by atoms with van der Waals surface area (Å²) in [7, 11) is 1.29. The van der Waals surface area contributed by atoms with Crippen LogP contribution in [0.15, 0.2) is 60.7 Å². The van der Waals surface area contributed by atoms with E-state index in [1.807, 2.05) is 60.7 Å². The van der Waals surface area contributed by atoms with E-state index < -0.39 is 23.6 Å². The Kier molecular flexibility index (Phi) is 6.72. The van der Waals surface area contributed by atoms with Crippen molar-refractivity contribution in [3.8, 4) is 0 Å². The summed E-state index contributed by atoms with van der Waals surface area (Å²) in [6.07, 6.45) is 0.326. The van der Waals surface area contributed by atoms with Crippen LogP contribution in [0.3, 0.4) is 0 Å². The molecule has 2 amide bonds. The Bertz CT molecular complexity index is 881. The molecule has 1 saturated carbocycles. The van der Waals surface area contributed by atoms with Gasteiger partial charge in [-0.05, 0) is 30.9 Å². The van der Waals surface area contributed by atoms with Gasteiger partial charge >= 0.3 is 12.1 Å². The van der Waals surface area contributed by atoms with Crippen LogP contribution in [0.25, 0.3) is 0 Å². The third-order valence-corrected chi connectivity index (χ3v) is 5.18. The Hall–Kier alpha value is -3.35. The van der Waals surface area contributed by atoms with Crippen molar-refractivity contribution in [1.82, 2.24) is 10.2 Å². The summed E-state index contributed by atoms with van der Waals surface area (Å²) in [5.41, 5.74) is 0.683. The highest BCUT2D eigenvalue weighted by molar-refractivity contribution is 5.95. The number of hydrogen-bond donors (Lipinski definition) is 1. The van der Waals surface area contributed by atoms with Crippen molar-refractivity contribution in [2.24, 2.45) is 0 Å². The number of esters is 1. The van der Waals surface area contributed by atoms with Crippen molar-refractivity contribution in [3.05, 3.63) is 71.8 Å². The number of nitrogens with one attached hydrogen (secondary N) is 1. The molecule has 7 nitrogen and oxygen atoms in total. The molecular weight excluding hydrogens is 384 g/mol. The second kappa shape index (κ2) is 9.43. The monoisotopic (exact) mass is 410 g/mol. The van der Waals surface area contributed by atoms with Gasteiger partial charge in [-0.15, -0.1) is 0 Å². The number of amides is 2. The lowest BCUT2D eigenvalue weighted by molar-refractivity contribution is -0.153. The predicted molar refractivity (Wildman–Crippen MR) is 110 cm³/mol. The Labute approximate surface area is 176 Å². The zero-order chi connectivity index (χ0) is 21.6. The van der Waals surface area contributed by atoms with E-state index in [1.54, 1.807) is 6.92 Å². The SMILES string of the molecule is COC(=O)[C@H](C)N(Cc1ccccc1)C(=O)C1(NC(=O)OCc2ccccc2)CC1. The fourth-order valence-corrected chi connectivity index (χ4v) is 3.21. The third kappa shape index (κ3) is 5.17. The molecule has 7 heteroatoms. The first-order valence-electron chi connectivity index (χ1n) is 9.87. The molecule has 30 heavy (non-hydrogen) atoms. The maximum absolute atomic E-state index is 13.4. The van der Waals surface area contributed by atoms with E-state index in [0.29, 0.717) is 12.8 Å². The molecule has 2 aromatic carbocycles. The normalized spacial score (nSPS) is 14.9. The molecule has 2 aromatic rings. The molecule has 0 radical (unpaired) electrons. The van der Waals surface area contributed by atoms with Crippen LogP contribution in [-0.2, 0) is 32.2 Å². The van der Waals surface area contributed by atoms with Crippen molar-refractivity contribution in [2.75, 3.05) is 7.11 Å². The van der Waals surface area contributed by atoms with Gasteiger partial charge < -0.3 is 19.7 Å². The summed E-state index contributed by atoms with van der Waals surface area (Å²) in [6.45, 7) is 1.97. The number of hydrogen-bond acceptors (Lipinski definition) is 5. The molecule has 0 aromatic heterocycles. The molecule has 0 bridgehead atoms. The fourth-order valence-electron chi connectivity index (χ4n) is 3.21. The number of alkyl carbamates (subject to hydrolysis) is 1. The van der Waals surface area contributed by atoms with Crippen molar-refractivity contribution in [3.63, 3.8) is 0 Å². The van der Waals surface area contributed by atoms with Crippen molar-refractivity contribution < 1.29 is 23.9 Å². The van der Waals surface area contributed by atoms with Gasteiger partial charge in [-0.25, -0.2) is 9.59 Å². The molecule has 0 heterocycles. The molecular formula is C23H26N2O5. The maximum atomic E-state index is 13.4. The molecule has 1 atom stereocenters. The van der Waals surface area contributed by atoms with Gasteiger partial charge in [-0.1, -0.05) is 60.7 Å². The zero-order valence-corrected chi connectivity index (χ0v) is 17.2. The standard InChI is InChI=1S/C23H26N2O5/c1-17(20(26)29-2)25(15-18-9-5-3-6-10-18)21(27)23(13-14-23)24-22(28)30-16-19-11-7-4-8-12-19/h3-12,17H,13-16H2,1-2H3,(H,24,28)/t17-/m0/s1. The van der Waals surface area contributed by atoms with Crippen LogP contribution in [0.5, 0.6) is 0 Å². The highest BCUT2D eigenvalue weighted by Gasteiger charge is 2.54. The van der Waals surface area contributed by atoms with E-state index in [4.69, 9.17) is 9.47 Å². The molecule has 1 aliphatic carbocycles. The van der Waals surface area contributed by atoms with E-state index in [2.05, 4.69) is 5.32 Å². The lowest BCUT2D eigenvalue weighted by atomic mass is 10.1. The number of carbonyl (C=O) groups is 3. The lowest BCUT2D eigenvalue weighted by Crippen LogP contribution is -2.54. The first-order chi connectivity index (χ1) is 14.4. The van der Waals surface area contributed by atoms with Crippen molar-refractivity contribution >= 4 is 18.0 Å². The minimum atomic E-state index is -1.05. The molecule has 0 unspecified atom stereocenters. The Morgan fingerprint density at radius 1 is 1.00 bits per heavy atom. The average molecular weight is 410 g/mol. The first-order valence-corrected chi connectivity index (χ1v) is 9.87. The molecule has 1 fully saturated rings. The van der Waals surface area contributed by atoms with Crippen molar-refractivity contribution in [2.45, 2.75) is 44.5 Å². The molecule has 0 aliphatic heterocycles. The molecule has 0 saturated heterocycles. The van der Waals surface area contributed by atoms with Crippen LogP contribution in [0.4, 0.5) is 4.79 Å². The maximum Gasteiger partial charge on any atom is 0.408 e. The summed E-state index contributed by atoms with van der Waals surface area (Å²) < 4.78 is 10.1. The number of methoxy groups -OCH3 is 1.